The van der Waals surface area contributed by atoms with E-state index in [2.05, 4.69) is 60.2 Å². The van der Waals surface area contributed by atoms with Gasteiger partial charge in [-0.1, -0.05) is 25.1 Å². The number of hydrogen-bond donors (Lipinski definition) is 1. The Hall–Kier alpha value is -1.19. The molecule has 1 atom stereocenters. The molecule has 1 aromatic carbocycles. The largest absolute Gasteiger partial charge is 0.351 e. The third-order valence-corrected chi connectivity index (χ3v) is 4.26. The van der Waals surface area contributed by atoms with Crippen LogP contribution in [0.15, 0.2) is 53.6 Å². The van der Waals surface area contributed by atoms with E-state index < -0.39 is 0 Å². The SMILES string of the molecule is CCC(N)Cc1cccn1CCSc1ccccc1. The highest BCUT2D eigenvalue weighted by atomic mass is 32.2. The van der Waals surface area contributed by atoms with Crippen molar-refractivity contribution in [2.75, 3.05) is 5.75 Å². The topological polar surface area (TPSA) is 30.9 Å². The van der Waals surface area contributed by atoms with Gasteiger partial charge in [-0.05, 0) is 30.7 Å². The van der Waals surface area contributed by atoms with Crippen molar-refractivity contribution in [3.8, 4) is 0 Å². The molecule has 0 saturated heterocycles. The Bertz CT molecular complexity index is 479. The lowest BCUT2D eigenvalue weighted by Crippen LogP contribution is -2.23. The molecule has 1 unspecified atom stereocenters. The number of benzene rings is 1. The fraction of sp³-hybridized carbons (Fsp3) is 0.375. The number of aryl methyl sites for hydroxylation is 1. The second kappa shape index (κ2) is 7.41. The third kappa shape index (κ3) is 4.44. The van der Waals surface area contributed by atoms with Crippen LogP contribution < -0.4 is 5.73 Å². The van der Waals surface area contributed by atoms with E-state index in [0.717, 1.165) is 25.1 Å². The van der Waals surface area contributed by atoms with Gasteiger partial charge in [0.2, 0.25) is 0 Å². The molecule has 3 heteroatoms. The van der Waals surface area contributed by atoms with Gasteiger partial charge in [-0.15, -0.1) is 11.8 Å². The first-order chi connectivity index (χ1) is 9.29. The smallest absolute Gasteiger partial charge is 0.0316 e. The molecule has 1 aromatic heterocycles. The predicted octanol–water partition coefficient (Wildman–Crippen LogP) is 3.56. The summed E-state index contributed by atoms with van der Waals surface area (Å²) in [6, 6.07) is 15.1. The van der Waals surface area contributed by atoms with E-state index in [1.807, 2.05) is 11.8 Å². The van der Waals surface area contributed by atoms with E-state index in [4.69, 9.17) is 5.73 Å². The minimum absolute atomic E-state index is 0.274. The summed E-state index contributed by atoms with van der Waals surface area (Å²) in [7, 11) is 0. The molecule has 2 N–H and O–H groups in total. The van der Waals surface area contributed by atoms with Gasteiger partial charge in [0.1, 0.15) is 0 Å². The van der Waals surface area contributed by atoms with E-state index in [1.54, 1.807) is 0 Å². The second-order valence-corrected chi connectivity index (χ2v) is 5.90. The molecule has 0 aliphatic carbocycles. The number of rotatable bonds is 7. The van der Waals surface area contributed by atoms with E-state index in [0.29, 0.717) is 0 Å². The number of hydrogen-bond acceptors (Lipinski definition) is 2. The van der Waals surface area contributed by atoms with Crippen LogP contribution in [-0.4, -0.2) is 16.4 Å². The summed E-state index contributed by atoms with van der Waals surface area (Å²) >= 11 is 1.90. The van der Waals surface area contributed by atoms with Crippen molar-refractivity contribution in [3.05, 3.63) is 54.4 Å². The molecule has 0 amide bonds. The van der Waals surface area contributed by atoms with Crippen LogP contribution in [0, 0.1) is 0 Å². The molecule has 0 spiro atoms. The van der Waals surface area contributed by atoms with Gasteiger partial charge in [0, 0.05) is 41.5 Å². The van der Waals surface area contributed by atoms with Crippen LogP contribution >= 0.6 is 11.8 Å². The maximum atomic E-state index is 6.03. The number of nitrogens with two attached hydrogens (primary N) is 1. The van der Waals surface area contributed by atoms with Crippen molar-refractivity contribution in [2.24, 2.45) is 5.73 Å². The average molecular weight is 274 g/mol. The Labute approximate surface area is 120 Å². The molecular weight excluding hydrogens is 252 g/mol. The lowest BCUT2D eigenvalue weighted by Gasteiger charge is -2.12. The molecule has 102 valence electrons. The minimum Gasteiger partial charge on any atom is -0.351 e. The van der Waals surface area contributed by atoms with Crippen LogP contribution in [0.3, 0.4) is 0 Å². The predicted molar refractivity (Wildman–Crippen MR) is 83.6 cm³/mol. The summed E-state index contributed by atoms with van der Waals surface area (Å²) < 4.78 is 2.32. The van der Waals surface area contributed by atoms with Gasteiger partial charge in [0.25, 0.3) is 0 Å². The number of thioether (sulfide) groups is 1. The monoisotopic (exact) mass is 274 g/mol. The van der Waals surface area contributed by atoms with Crippen LogP contribution in [0.5, 0.6) is 0 Å². The summed E-state index contributed by atoms with van der Waals surface area (Å²) in [4.78, 5) is 1.33. The molecule has 19 heavy (non-hydrogen) atoms. The molecule has 2 aromatic rings. The quantitative estimate of drug-likeness (QED) is 0.783. The third-order valence-electron chi connectivity index (χ3n) is 3.26. The summed E-state index contributed by atoms with van der Waals surface area (Å²) in [5, 5.41) is 0. The molecule has 0 radical (unpaired) electrons. The molecule has 1 heterocycles. The minimum atomic E-state index is 0.274. The van der Waals surface area contributed by atoms with Crippen molar-refractivity contribution in [1.82, 2.24) is 4.57 Å². The Morgan fingerprint density at radius 3 is 2.68 bits per heavy atom. The van der Waals surface area contributed by atoms with Crippen LogP contribution in [0.2, 0.25) is 0 Å². The fourth-order valence-electron chi connectivity index (χ4n) is 2.04. The van der Waals surface area contributed by atoms with Crippen molar-refractivity contribution in [3.63, 3.8) is 0 Å². The molecule has 0 aliphatic heterocycles. The van der Waals surface area contributed by atoms with Gasteiger partial charge in [0.15, 0.2) is 0 Å². The van der Waals surface area contributed by atoms with Gasteiger partial charge >= 0.3 is 0 Å². The first-order valence-corrected chi connectivity index (χ1v) is 7.85. The molecular formula is C16H22N2S. The van der Waals surface area contributed by atoms with E-state index in [-0.39, 0.29) is 6.04 Å². The van der Waals surface area contributed by atoms with Crippen LogP contribution in [0.4, 0.5) is 0 Å². The van der Waals surface area contributed by atoms with E-state index in [1.165, 1.54) is 10.6 Å². The Balaban J connectivity index is 1.84. The second-order valence-electron chi connectivity index (χ2n) is 4.73. The standard InChI is InChI=1S/C16H22N2S/c1-2-14(17)13-15-7-6-10-18(15)11-12-19-16-8-4-3-5-9-16/h3-10,14H,2,11-13,17H2,1H3. The van der Waals surface area contributed by atoms with Crippen molar-refractivity contribution in [1.29, 1.82) is 0 Å². The fourth-order valence-corrected chi connectivity index (χ4v) is 2.92. The summed E-state index contributed by atoms with van der Waals surface area (Å²) in [5.74, 6) is 1.09. The van der Waals surface area contributed by atoms with Crippen molar-refractivity contribution < 1.29 is 0 Å². The summed E-state index contributed by atoms with van der Waals surface area (Å²) in [6.45, 7) is 3.18. The van der Waals surface area contributed by atoms with Gasteiger partial charge in [-0.3, -0.25) is 0 Å². The molecule has 2 nitrogen and oxygen atoms in total. The average Bonchev–Trinajstić information content (AvgIpc) is 2.87. The molecule has 2 rings (SSSR count). The molecule has 0 aliphatic rings. The molecule has 0 fully saturated rings. The maximum Gasteiger partial charge on any atom is 0.0316 e. The van der Waals surface area contributed by atoms with Gasteiger partial charge in [-0.2, -0.15) is 0 Å². The van der Waals surface area contributed by atoms with E-state index >= 15 is 0 Å². The lowest BCUT2D eigenvalue weighted by atomic mass is 10.1. The Kier molecular flexibility index (Phi) is 5.55. The molecule has 0 saturated carbocycles. The highest BCUT2D eigenvalue weighted by Crippen LogP contribution is 2.18. The van der Waals surface area contributed by atoms with Gasteiger partial charge in [-0.25, -0.2) is 0 Å². The Morgan fingerprint density at radius 2 is 1.95 bits per heavy atom. The maximum absolute atomic E-state index is 6.03. The highest BCUT2D eigenvalue weighted by Gasteiger charge is 2.05. The van der Waals surface area contributed by atoms with E-state index in [9.17, 15) is 0 Å². The number of nitrogens with zero attached hydrogens (tertiary/aromatic N) is 1. The summed E-state index contributed by atoms with van der Waals surface area (Å²) in [6.07, 6.45) is 4.16. The number of aromatic nitrogens is 1. The first-order valence-electron chi connectivity index (χ1n) is 6.87. The van der Waals surface area contributed by atoms with Gasteiger partial charge in [0.05, 0.1) is 0 Å². The van der Waals surface area contributed by atoms with Gasteiger partial charge < -0.3 is 10.3 Å². The van der Waals surface area contributed by atoms with Crippen molar-refractivity contribution >= 4 is 11.8 Å². The van der Waals surface area contributed by atoms with Crippen LogP contribution in [0.1, 0.15) is 19.0 Å². The van der Waals surface area contributed by atoms with Crippen LogP contribution in [-0.2, 0) is 13.0 Å². The zero-order valence-electron chi connectivity index (χ0n) is 11.5. The Morgan fingerprint density at radius 1 is 1.16 bits per heavy atom. The normalized spacial score (nSPS) is 12.5. The first kappa shape index (κ1) is 14.2. The summed E-state index contributed by atoms with van der Waals surface area (Å²) in [5.41, 5.74) is 7.38. The molecule has 0 bridgehead atoms. The zero-order chi connectivity index (χ0) is 13.5. The van der Waals surface area contributed by atoms with Crippen molar-refractivity contribution in [2.45, 2.75) is 37.2 Å². The zero-order valence-corrected chi connectivity index (χ0v) is 12.3. The lowest BCUT2D eigenvalue weighted by molar-refractivity contribution is 0.606. The highest BCUT2D eigenvalue weighted by molar-refractivity contribution is 7.99. The van der Waals surface area contributed by atoms with Crippen LogP contribution in [0.25, 0.3) is 0 Å².